The molecule has 0 aromatic carbocycles. The Morgan fingerprint density at radius 1 is 1.26 bits per heavy atom. The minimum absolute atomic E-state index is 0.314. The van der Waals surface area contributed by atoms with E-state index in [1.54, 1.807) is 0 Å². The highest BCUT2D eigenvalue weighted by Crippen LogP contribution is 2.34. The van der Waals surface area contributed by atoms with Crippen molar-refractivity contribution >= 4 is 15.9 Å². The molecule has 2 aliphatic rings. The molecule has 1 saturated carbocycles. The van der Waals surface area contributed by atoms with E-state index < -0.39 is 0 Å². The van der Waals surface area contributed by atoms with Gasteiger partial charge >= 0.3 is 0 Å². The van der Waals surface area contributed by atoms with Gasteiger partial charge in [0.25, 0.3) is 0 Å². The summed E-state index contributed by atoms with van der Waals surface area (Å²) in [5.41, 5.74) is 0. The molecule has 4 nitrogen and oxygen atoms in total. The zero-order valence-electron chi connectivity index (χ0n) is 11.2. The minimum Gasteiger partial charge on any atom is -0.395 e. The minimum atomic E-state index is 0.314. The van der Waals surface area contributed by atoms with E-state index in [9.17, 15) is 5.11 Å². The van der Waals surface area contributed by atoms with Crippen molar-refractivity contribution in [2.45, 2.75) is 56.7 Å². The summed E-state index contributed by atoms with van der Waals surface area (Å²) in [4.78, 5) is 2.55. The second-order valence-corrected chi connectivity index (χ2v) is 6.74. The van der Waals surface area contributed by atoms with E-state index in [2.05, 4.69) is 36.8 Å². The van der Waals surface area contributed by atoms with Crippen LogP contribution in [0.1, 0.15) is 44.6 Å². The Bertz CT molecular complexity index is 423. The van der Waals surface area contributed by atoms with E-state index in [1.807, 2.05) is 6.20 Å². The number of likely N-dealkylation sites (tertiary alicyclic amines) is 1. The molecule has 3 rings (SSSR count). The average molecular weight is 328 g/mol. The predicted molar refractivity (Wildman–Crippen MR) is 78.0 cm³/mol. The molecule has 0 amide bonds. The lowest BCUT2D eigenvalue weighted by molar-refractivity contribution is 0.0828. The van der Waals surface area contributed by atoms with Gasteiger partial charge in [-0.3, -0.25) is 9.58 Å². The van der Waals surface area contributed by atoms with Crippen molar-refractivity contribution in [3.63, 3.8) is 0 Å². The van der Waals surface area contributed by atoms with Gasteiger partial charge in [0.1, 0.15) is 0 Å². The van der Waals surface area contributed by atoms with Crippen LogP contribution in [-0.4, -0.2) is 45.0 Å². The lowest BCUT2D eigenvalue weighted by Crippen LogP contribution is -2.43. The van der Waals surface area contributed by atoms with Gasteiger partial charge in [0.2, 0.25) is 0 Å². The highest BCUT2D eigenvalue weighted by molar-refractivity contribution is 9.10. The quantitative estimate of drug-likeness (QED) is 0.927. The van der Waals surface area contributed by atoms with Gasteiger partial charge in [-0.05, 0) is 61.0 Å². The lowest BCUT2D eigenvalue weighted by Gasteiger charge is -2.38. The Labute approximate surface area is 122 Å². The number of aromatic nitrogens is 2. The monoisotopic (exact) mass is 327 g/mol. The number of aliphatic hydroxyl groups excluding tert-OH is 1. The van der Waals surface area contributed by atoms with Crippen molar-refractivity contribution < 1.29 is 5.11 Å². The lowest BCUT2D eigenvalue weighted by atomic mass is 9.89. The van der Waals surface area contributed by atoms with Crippen LogP contribution in [0.2, 0.25) is 0 Å². The smallest absolute Gasteiger partial charge is 0.0632 e. The van der Waals surface area contributed by atoms with E-state index in [-0.39, 0.29) is 0 Å². The van der Waals surface area contributed by atoms with Gasteiger partial charge in [0.05, 0.1) is 23.3 Å². The summed E-state index contributed by atoms with van der Waals surface area (Å²) in [6.45, 7) is 1.47. The van der Waals surface area contributed by atoms with Crippen molar-refractivity contribution in [2.75, 3.05) is 13.2 Å². The van der Waals surface area contributed by atoms with Crippen LogP contribution in [0.25, 0.3) is 0 Å². The topological polar surface area (TPSA) is 41.3 Å². The number of halogens is 1. The van der Waals surface area contributed by atoms with Gasteiger partial charge in [-0.15, -0.1) is 0 Å². The molecule has 2 unspecified atom stereocenters. The first-order valence-corrected chi connectivity index (χ1v) is 8.13. The molecule has 19 heavy (non-hydrogen) atoms. The molecule has 1 aliphatic heterocycles. The normalized spacial score (nSPS) is 32.8. The van der Waals surface area contributed by atoms with Gasteiger partial charge in [-0.1, -0.05) is 0 Å². The van der Waals surface area contributed by atoms with Gasteiger partial charge in [0.15, 0.2) is 0 Å². The Morgan fingerprint density at radius 3 is 2.84 bits per heavy atom. The van der Waals surface area contributed by atoms with E-state index in [4.69, 9.17) is 0 Å². The Balaban J connectivity index is 1.67. The maximum absolute atomic E-state index is 9.49. The third-order valence-corrected chi connectivity index (χ3v) is 5.07. The first-order chi connectivity index (χ1) is 9.28. The third kappa shape index (κ3) is 2.88. The molecule has 3 atom stereocenters. The first kappa shape index (κ1) is 13.6. The van der Waals surface area contributed by atoms with E-state index >= 15 is 0 Å². The fourth-order valence-electron chi connectivity index (χ4n) is 3.73. The van der Waals surface area contributed by atoms with E-state index in [1.165, 1.54) is 32.1 Å². The predicted octanol–water partition coefficient (Wildman–Crippen LogP) is 2.59. The summed E-state index contributed by atoms with van der Waals surface area (Å²) in [5.74, 6) is 0. The molecule has 0 radical (unpaired) electrons. The Kier molecular flexibility index (Phi) is 4.24. The van der Waals surface area contributed by atoms with Crippen LogP contribution in [0, 0.1) is 0 Å². The Morgan fingerprint density at radius 2 is 2.11 bits per heavy atom. The van der Waals surface area contributed by atoms with Crippen molar-refractivity contribution in [2.24, 2.45) is 0 Å². The van der Waals surface area contributed by atoms with Gasteiger partial charge < -0.3 is 5.11 Å². The number of rotatable bonds is 3. The van der Waals surface area contributed by atoms with Crippen LogP contribution < -0.4 is 0 Å². The molecular weight excluding hydrogens is 306 g/mol. The summed E-state index contributed by atoms with van der Waals surface area (Å²) in [5, 5.41) is 13.9. The number of nitrogens with zero attached hydrogens (tertiary/aromatic N) is 3. The average Bonchev–Trinajstić information content (AvgIpc) is 3.07. The van der Waals surface area contributed by atoms with Crippen molar-refractivity contribution in [3.05, 3.63) is 16.9 Å². The first-order valence-electron chi connectivity index (χ1n) is 7.34. The van der Waals surface area contributed by atoms with Crippen LogP contribution in [0.15, 0.2) is 16.9 Å². The zero-order valence-corrected chi connectivity index (χ0v) is 12.8. The number of hydrogen-bond donors (Lipinski definition) is 1. The molecule has 1 aliphatic carbocycles. The SMILES string of the molecule is OCC1CCCN1C1CCC[C@@H](n2cc(Br)cn2)C1. The molecule has 1 N–H and O–H groups in total. The summed E-state index contributed by atoms with van der Waals surface area (Å²) >= 11 is 3.47. The third-order valence-electron chi connectivity index (χ3n) is 4.67. The molecule has 0 spiro atoms. The molecule has 1 aromatic heterocycles. The largest absolute Gasteiger partial charge is 0.395 e. The summed E-state index contributed by atoms with van der Waals surface area (Å²) < 4.78 is 3.17. The van der Waals surface area contributed by atoms with Crippen molar-refractivity contribution in [1.29, 1.82) is 0 Å². The van der Waals surface area contributed by atoms with E-state index in [0.717, 1.165) is 17.4 Å². The van der Waals surface area contributed by atoms with Crippen molar-refractivity contribution in [3.8, 4) is 0 Å². The standard InChI is InChI=1S/C14H22BrN3O/c15-11-8-16-18(9-11)13-4-1-3-12(7-13)17-6-2-5-14(17)10-19/h8-9,12-14,19H,1-7,10H2/t12?,13-,14?/m1/s1. The highest BCUT2D eigenvalue weighted by Gasteiger charge is 2.34. The molecule has 5 heteroatoms. The Hall–Kier alpha value is -0.390. The van der Waals surface area contributed by atoms with Crippen LogP contribution in [0.4, 0.5) is 0 Å². The fourth-order valence-corrected chi connectivity index (χ4v) is 4.03. The molecule has 0 bridgehead atoms. The van der Waals surface area contributed by atoms with Gasteiger partial charge in [-0.2, -0.15) is 5.10 Å². The molecule has 1 aromatic rings. The highest BCUT2D eigenvalue weighted by atomic mass is 79.9. The zero-order chi connectivity index (χ0) is 13.2. The second kappa shape index (κ2) is 5.94. The molecule has 106 valence electrons. The summed E-state index contributed by atoms with van der Waals surface area (Å²) in [6, 6.07) is 1.54. The number of hydrogen-bond acceptors (Lipinski definition) is 3. The van der Waals surface area contributed by atoms with Gasteiger partial charge in [0, 0.05) is 18.3 Å². The molecule has 2 heterocycles. The molecular formula is C14H22BrN3O. The van der Waals surface area contributed by atoms with Crippen LogP contribution in [0.3, 0.4) is 0 Å². The van der Waals surface area contributed by atoms with Crippen molar-refractivity contribution in [1.82, 2.24) is 14.7 Å². The van der Waals surface area contributed by atoms with E-state index in [0.29, 0.717) is 24.7 Å². The summed E-state index contributed by atoms with van der Waals surface area (Å²) in [7, 11) is 0. The van der Waals surface area contributed by atoms with Crippen LogP contribution >= 0.6 is 15.9 Å². The van der Waals surface area contributed by atoms with Crippen LogP contribution in [-0.2, 0) is 0 Å². The van der Waals surface area contributed by atoms with Crippen LogP contribution in [0.5, 0.6) is 0 Å². The van der Waals surface area contributed by atoms with Gasteiger partial charge in [-0.25, -0.2) is 0 Å². The maximum Gasteiger partial charge on any atom is 0.0632 e. The molecule has 1 saturated heterocycles. The fraction of sp³-hybridized carbons (Fsp3) is 0.786. The maximum atomic E-state index is 9.49. The summed E-state index contributed by atoms with van der Waals surface area (Å²) in [6.07, 6.45) is 11.3. The molecule has 2 fully saturated rings. The number of aliphatic hydroxyl groups is 1. The second-order valence-electron chi connectivity index (χ2n) is 5.83.